The summed E-state index contributed by atoms with van der Waals surface area (Å²) in [7, 11) is 1.40. The predicted molar refractivity (Wildman–Crippen MR) is 133 cm³/mol. The molecule has 0 fully saturated rings. The molecule has 0 bridgehead atoms. The summed E-state index contributed by atoms with van der Waals surface area (Å²) in [5.41, 5.74) is 3.66. The number of nitrogens with zero attached hydrogens (tertiary/aromatic N) is 2. The topological polar surface area (TPSA) is 26.5 Å². The van der Waals surface area contributed by atoms with Crippen LogP contribution in [0.1, 0.15) is 19.4 Å². The molecule has 31 heavy (non-hydrogen) atoms. The number of hydrogen-bond donors (Lipinski definition) is 0. The molecule has 3 nitrogen and oxygen atoms in total. The van der Waals surface area contributed by atoms with E-state index < -0.39 is 7.92 Å². The van der Waals surface area contributed by atoms with Crippen molar-refractivity contribution in [1.82, 2.24) is 4.57 Å². The van der Waals surface area contributed by atoms with Crippen molar-refractivity contribution in [3.05, 3.63) is 90.5 Å². The molecule has 1 aliphatic heterocycles. The molecular formula is C27H27N2OP. The van der Waals surface area contributed by atoms with E-state index in [0.717, 1.165) is 11.5 Å². The summed E-state index contributed by atoms with van der Waals surface area (Å²) in [6, 6.07) is 30.5. The summed E-state index contributed by atoms with van der Waals surface area (Å²) in [4.78, 5) is 5.04. The van der Waals surface area contributed by atoms with Crippen molar-refractivity contribution in [2.75, 3.05) is 6.61 Å². The van der Waals surface area contributed by atoms with Crippen LogP contribution in [0.2, 0.25) is 0 Å². The van der Waals surface area contributed by atoms with E-state index in [4.69, 9.17) is 9.73 Å². The second-order valence-corrected chi connectivity index (χ2v) is 10.5. The third-order valence-electron chi connectivity index (χ3n) is 5.97. The van der Waals surface area contributed by atoms with Crippen LogP contribution in [0.25, 0.3) is 10.9 Å². The standard InChI is InChI=1S/C27H27N2OP/c1-19(2)23-18-30-26(28-23)25-22-16-10-11-17-24(22)29(3)27(25)31(20-12-6-4-7-13-20)21-14-8-5-9-15-21/h4-17,19,23H,18H2,1-3H3/t23-/m1/s1. The molecule has 156 valence electrons. The van der Waals surface area contributed by atoms with E-state index in [0.29, 0.717) is 12.5 Å². The van der Waals surface area contributed by atoms with Crippen LogP contribution in [0.15, 0.2) is 89.9 Å². The van der Waals surface area contributed by atoms with Crippen molar-refractivity contribution in [3.8, 4) is 0 Å². The Morgan fingerprint density at radius 1 is 0.871 bits per heavy atom. The highest BCUT2D eigenvalue weighted by Crippen LogP contribution is 2.38. The third-order valence-corrected chi connectivity index (χ3v) is 8.55. The average Bonchev–Trinajstić information content (AvgIpc) is 3.40. The molecule has 1 aromatic heterocycles. The minimum absolute atomic E-state index is 0.210. The van der Waals surface area contributed by atoms with Crippen molar-refractivity contribution in [3.63, 3.8) is 0 Å². The Balaban J connectivity index is 1.81. The van der Waals surface area contributed by atoms with Crippen molar-refractivity contribution in [2.45, 2.75) is 19.9 Å². The first-order valence-corrected chi connectivity index (χ1v) is 12.2. The molecule has 0 aliphatic carbocycles. The van der Waals surface area contributed by atoms with E-state index in [-0.39, 0.29) is 6.04 Å². The number of para-hydroxylation sites is 1. The normalized spacial score (nSPS) is 16.2. The van der Waals surface area contributed by atoms with Crippen LogP contribution in [0, 0.1) is 5.92 Å². The van der Waals surface area contributed by atoms with Crippen LogP contribution in [0.4, 0.5) is 0 Å². The van der Waals surface area contributed by atoms with Gasteiger partial charge in [-0.2, -0.15) is 0 Å². The summed E-state index contributed by atoms with van der Waals surface area (Å²) in [6.45, 7) is 5.08. The number of ether oxygens (including phenoxy) is 1. The van der Waals surface area contributed by atoms with Crippen LogP contribution in [-0.2, 0) is 11.8 Å². The Morgan fingerprint density at radius 3 is 2.03 bits per heavy atom. The lowest BCUT2D eigenvalue weighted by atomic mass is 10.1. The van der Waals surface area contributed by atoms with Gasteiger partial charge in [0.2, 0.25) is 5.90 Å². The summed E-state index contributed by atoms with van der Waals surface area (Å²) < 4.78 is 8.60. The van der Waals surface area contributed by atoms with Crippen molar-refractivity contribution in [1.29, 1.82) is 0 Å². The highest BCUT2D eigenvalue weighted by atomic mass is 31.1. The molecule has 0 amide bonds. The first-order valence-electron chi connectivity index (χ1n) is 10.8. The second kappa shape index (κ2) is 8.32. The van der Waals surface area contributed by atoms with Crippen LogP contribution < -0.4 is 16.0 Å². The Hall–Kier alpha value is -2.90. The highest BCUT2D eigenvalue weighted by molar-refractivity contribution is 7.79. The second-order valence-electron chi connectivity index (χ2n) is 8.34. The first-order chi connectivity index (χ1) is 15.1. The molecule has 5 rings (SSSR count). The van der Waals surface area contributed by atoms with Crippen molar-refractivity contribution in [2.24, 2.45) is 18.0 Å². The summed E-state index contributed by atoms with van der Waals surface area (Å²) >= 11 is 0. The molecule has 4 aromatic rings. The van der Waals surface area contributed by atoms with Gasteiger partial charge in [0.05, 0.1) is 17.0 Å². The van der Waals surface area contributed by atoms with Crippen molar-refractivity contribution < 1.29 is 4.74 Å². The maximum absolute atomic E-state index is 6.24. The Labute approximate surface area is 185 Å². The fourth-order valence-electron chi connectivity index (χ4n) is 4.27. The summed E-state index contributed by atoms with van der Waals surface area (Å²) in [6.07, 6.45) is 0. The molecule has 4 heteroatoms. The number of aliphatic imine (C=N–C) groups is 1. The smallest absolute Gasteiger partial charge is 0.219 e. The molecule has 0 N–H and O–H groups in total. The zero-order valence-corrected chi connectivity index (χ0v) is 19.1. The van der Waals surface area contributed by atoms with Gasteiger partial charge in [0.1, 0.15) is 6.61 Å². The lowest BCUT2D eigenvalue weighted by molar-refractivity contribution is 0.292. The summed E-state index contributed by atoms with van der Waals surface area (Å²) in [5.74, 6) is 1.26. The number of rotatable bonds is 5. The fourth-order valence-corrected chi connectivity index (χ4v) is 6.84. The van der Waals surface area contributed by atoms with E-state index >= 15 is 0 Å². The number of fused-ring (bicyclic) bond motifs is 1. The molecule has 0 spiro atoms. The van der Waals surface area contributed by atoms with Gasteiger partial charge in [-0.05, 0) is 22.6 Å². The van der Waals surface area contributed by atoms with Crippen LogP contribution in [0.3, 0.4) is 0 Å². The Kier molecular flexibility index (Phi) is 5.38. The van der Waals surface area contributed by atoms with E-state index in [2.05, 4.69) is 110 Å². The van der Waals surface area contributed by atoms with E-state index in [1.807, 2.05) is 0 Å². The molecule has 0 saturated carbocycles. The molecule has 1 aliphatic rings. The van der Waals surface area contributed by atoms with Gasteiger partial charge in [0.25, 0.3) is 0 Å². The molecule has 1 atom stereocenters. The van der Waals surface area contributed by atoms with Gasteiger partial charge >= 0.3 is 0 Å². The van der Waals surface area contributed by atoms with Crippen LogP contribution >= 0.6 is 7.92 Å². The quantitative estimate of drug-likeness (QED) is 0.424. The summed E-state index contributed by atoms with van der Waals surface area (Å²) in [5, 5.41) is 3.87. The number of benzene rings is 3. The molecule has 0 unspecified atom stereocenters. The zero-order chi connectivity index (χ0) is 21.4. The lowest BCUT2D eigenvalue weighted by Crippen LogP contribution is -2.29. The lowest BCUT2D eigenvalue weighted by Gasteiger charge is -2.21. The largest absolute Gasteiger partial charge is 0.475 e. The minimum atomic E-state index is -0.778. The van der Waals surface area contributed by atoms with Crippen molar-refractivity contribution >= 4 is 40.8 Å². The maximum Gasteiger partial charge on any atom is 0.219 e. The van der Waals surface area contributed by atoms with Gasteiger partial charge in [-0.1, -0.05) is 92.7 Å². The molecular weight excluding hydrogens is 399 g/mol. The highest BCUT2D eigenvalue weighted by Gasteiger charge is 2.32. The van der Waals surface area contributed by atoms with Gasteiger partial charge in [-0.3, -0.25) is 0 Å². The van der Waals surface area contributed by atoms with Gasteiger partial charge < -0.3 is 9.30 Å². The third kappa shape index (κ3) is 3.58. The van der Waals surface area contributed by atoms with Crippen LogP contribution in [-0.4, -0.2) is 23.1 Å². The maximum atomic E-state index is 6.24. The Morgan fingerprint density at radius 2 is 1.45 bits per heavy atom. The number of aromatic nitrogens is 1. The van der Waals surface area contributed by atoms with Gasteiger partial charge in [-0.25, -0.2) is 4.99 Å². The average molecular weight is 427 g/mol. The van der Waals surface area contributed by atoms with E-state index in [9.17, 15) is 0 Å². The van der Waals surface area contributed by atoms with E-state index in [1.165, 1.54) is 26.9 Å². The Bertz CT molecular complexity index is 1190. The molecule has 3 aromatic carbocycles. The molecule has 2 heterocycles. The first kappa shape index (κ1) is 20.0. The number of hydrogen-bond acceptors (Lipinski definition) is 2. The monoisotopic (exact) mass is 426 g/mol. The van der Waals surface area contributed by atoms with Gasteiger partial charge in [0.15, 0.2) is 0 Å². The predicted octanol–water partition coefficient (Wildman–Crippen LogP) is 4.74. The fraction of sp³-hybridized carbons (Fsp3) is 0.222. The van der Waals surface area contributed by atoms with Crippen LogP contribution in [0.5, 0.6) is 0 Å². The minimum Gasteiger partial charge on any atom is -0.475 e. The van der Waals surface area contributed by atoms with Gasteiger partial charge in [0, 0.05) is 25.9 Å². The zero-order valence-electron chi connectivity index (χ0n) is 18.2. The van der Waals surface area contributed by atoms with E-state index in [1.54, 1.807) is 0 Å². The SMILES string of the molecule is CC(C)[C@H]1COC(c2c(P(c3ccccc3)c3ccccc3)n(C)c3ccccc23)=N1. The molecule has 0 radical (unpaired) electrons. The molecule has 0 saturated heterocycles. The number of aryl methyl sites for hydroxylation is 1. The van der Waals surface area contributed by atoms with Gasteiger partial charge in [-0.15, -0.1) is 0 Å².